The minimum atomic E-state index is -1.35. The molecule has 0 unspecified atom stereocenters. The van der Waals surface area contributed by atoms with Crippen molar-refractivity contribution in [2.45, 2.75) is 96.8 Å². The molecular weight excluding hydrogens is 801 g/mol. The van der Waals surface area contributed by atoms with E-state index in [1.54, 1.807) is 42.5 Å². The van der Waals surface area contributed by atoms with Gasteiger partial charge in [0.15, 0.2) is 0 Å². The molecule has 0 bridgehead atoms. The van der Waals surface area contributed by atoms with Crippen LogP contribution in [-0.4, -0.2) is 74.6 Å². The number of carboxylic acids is 1. The van der Waals surface area contributed by atoms with E-state index in [1.165, 1.54) is 30.7 Å². The van der Waals surface area contributed by atoms with Gasteiger partial charge in [-0.1, -0.05) is 45.8 Å². The topological polar surface area (TPSA) is 179 Å². The molecule has 0 radical (unpaired) electrons. The van der Waals surface area contributed by atoms with Crippen LogP contribution in [0.2, 0.25) is 0 Å². The van der Waals surface area contributed by atoms with Gasteiger partial charge in [0.1, 0.15) is 55.0 Å². The van der Waals surface area contributed by atoms with E-state index < -0.39 is 17.9 Å². The molecule has 1 N–H and O–H groups in total. The second-order valence-corrected chi connectivity index (χ2v) is 14.1. The van der Waals surface area contributed by atoms with E-state index in [-0.39, 0.29) is 66.6 Å². The van der Waals surface area contributed by atoms with Gasteiger partial charge in [-0.3, -0.25) is 9.59 Å². The van der Waals surface area contributed by atoms with E-state index in [0.29, 0.717) is 75.2 Å². The van der Waals surface area contributed by atoms with Crippen molar-refractivity contribution in [2.75, 3.05) is 39.6 Å². The van der Waals surface area contributed by atoms with E-state index in [9.17, 15) is 29.1 Å². The highest BCUT2D eigenvalue weighted by Crippen LogP contribution is 2.33. The molecule has 0 heterocycles. The van der Waals surface area contributed by atoms with Crippen LogP contribution in [0.5, 0.6) is 23.0 Å². The van der Waals surface area contributed by atoms with Crippen molar-refractivity contribution in [3.8, 4) is 23.0 Å². The summed E-state index contributed by atoms with van der Waals surface area (Å²) in [5.41, 5.74) is 0.512. The summed E-state index contributed by atoms with van der Waals surface area (Å²) in [6.45, 7) is 10.7. The minimum absolute atomic E-state index is 0.000787. The molecule has 0 saturated heterocycles. The number of hydrogen-bond acceptors (Lipinski definition) is 13. The summed E-state index contributed by atoms with van der Waals surface area (Å²) >= 11 is 0. The first-order valence-corrected chi connectivity index (χ1v) is 21.2. The Morgan fingerprint density at radius 3 is 1.52 bits per heavy atom. The average Bonchev–Trinajstić information content (AvgIpc) is 3.27. The van der Waals surface area contributed by atoms with Crippen molar-refractivity contribution in [2.24, 2.45) is 0 Å². The number of carbonyl (C=O) groups is 5. The summed E-state index contributed by atoms with van der Waals surface area (Å²) in [6.07, 6.45) is 12.5. The van der Waals surface area contributed by atoms with E-state index in [0.717, 1.165) is 44.9 Å². The van der Waals surface area contributed by atoms with Crippen molar-refractivity contribution in [1.82, 2.24) is 0 Å². The summed E-state index contributed by atoms with van der Waals surface area (Å²) in [7, 11) is 0. The number of ether oxygens (including phenoxy) is 8. The molecule has 0 amide bonds. The van der Waals surface area contributed by atoms with E-state index in [4.69, 9.17) is 37.9 Å². The molecule has 3 aromatic rings. The second-order valence-electron chi connectivity index (χ2n) is 14.1. The summed E-state index contributed by atoms with van der Waals surface area (Å²) in [5.74, 6) is -2.41. The number of benzene rings is 3. The zero-order chi connectivity index (χ0) is 44.8. The third-order valence-electron chi connectivity index (χ3n) is 9.26. The Kier molecular flexibility index (Phi) is 24.1. The second kappa shape index (κ2) is 29.8. The Morgan fingerprint density at radius 1 is 0.548 bits per heavy atom. The minimum Gasteiger partial charge on any atom is -0.498 e. The largest absolute Gasteiger partial charge is 0.498 e. The molecule has 336 valence electrons. The molecule has 0 aliphatic carbocycles. The predicted molar refractivity (Wildman–Crippen MR) is 231 cm³/mol. The molecule has 0 atom stereocenters. The lowest BCUT2D eigenvalue weighted by Crippen LogP contribution is -2.15. The van der Waals surface area contributed by atoms with Gasteiger partial charge in [-0.15, -0.1) is 0 Å². The van der Waals surface area contributed by atoms with Gasteiger partial charge >= 0.3 is 29.8 Å². The highest BCUT2D eigenvalue weighted by atomic mass is 16.6. The van der Waals surface area contributed by atoms with Gasteiger partial charge in [-0.25, -0.2) is 14.4 Å². The number of carbonyl (C=O) groups excluding carboxylic acids is 4. The zero-order valence-electron chi connectivity index (χ0n) is 35.7. The fraction of sp³-hybridized carbons (Fsp3) is 0.438. The number of esters is 4. The maximum atomic E-state index is 13.4. The van der Waals surface area contributed by atoms with Crippen molar-refractivity contribution < 1.29 is 67.0 Å². The third kappa shape index (κ3) is 19.8. The quantitative estimate of drug-likeness (QED) is 0.0265. The molecule has 0 saturated carbocycles. The van der Waals surface area contributed by atoms with Crippen LogP contribution in [-0.2, 0) is 35.0 Å². The van der Waals surface area contributed by atoms with E-state index in [2.05, 4.69) is 20.1 Å². The molecule has 0 aliphatic heterocycles. The summed E-state index contributed by atoms with van der Waals surface area (Å²) < 4.78 is 43.0. The molecular formula is C48H60O14. The van der Waals surface area contributed by atoms with Gasteiger partial charge in [-0.05, 0) is 118 Å². The zero-order valence-corrected chi connectivity index (χ0v) is 35.7. The van der Waals surface area contributed by atoms with Crippen LogP contribution < -0.4 is 18.9 Å². The standard InChI is InChI=1S/C48H60O14/c1-4-7-8-9-12-17-38-34-41(61-47(53)36-20-24-39(25-21-36)57-28-15-10-13-18-43(49)59-32-30-55-5-2)35-42(46(51)52)45(38)62-48(54)37-22-26-40(27-23-37)58-29-16-11-14-19-44(50)60-33-31-56-6-3/h5-6,20-27,34-35H,2-4,7-19,28-33H2,1H3,(H,51,52). The van der Waals surface area contributed by atoms with Gasteiger partial charge in [0, 0.05) is 12.8 Å². The monoisotopic (exact) mass is 860 g/mol. The third-order valence-corrected chi connectivity index (χ3v) is 9.26. The van der Waals surface area contributed by atoms with Crippen molar-refractivity contribution in [3.63, 3.8) is 0 Å². The molecule has 62 heavy (non-hydrogen) atoms. The first-order valence-electron chi connectivity index (χ1n) is 21.2. The first kappa shape index (κ1) is 50.0. The number of unbranched alkanes of at least 4 members (excludes halogenated alkanes) is 8. The van der Waals surface area contributed by atoms with Gasteiger partial charge in [0.2, 0.25) is 0 Å². The maximum Gasteiger partial charge on any atom is 0.343 e. The highest BCUT2D eigenvalue weighted by molar-refractivity contribution is 5.97. The predicted octanol–water partition coefficient (Wildman–Crippen LogP) is 9.62. The summed E-state index contributed by atoms with van der Waals surface area (Å²) in [5, 5.41) is 10.2. The molecule has 14 nitrogen and oxygen atoms in total. The number of rotatable bonds is 33. The fourth-order valence-electron chi connectivity index (χ4n) is 5.99. The number of aromatic carboxylic acids is 1. The van der Waals surface area contributed by atoms with Gasteiger partial charge < -0.3 is 43.0 Å². The van der Waals surface area contributed by atoms with Crippen molar-refractivity contribution >= 4 is 29.8 Å². The molecule has 14 heteroatoms. The van der Waals surface area contributed by atoms with Gasteiger partial charge in [0.25, 0.3) is 0 Å². The number of carboxylic acid groups (broad SMARTS) is 1. The Morgan fingerprint density at radius 2 is 1.03 bits per heavy atom. The molecule has 0 aliphatic rings. The van der Waals surface area contributed by atoms with Crippen LogP contribution in [0.25, 0.3) is 0 Å². The fourth-order valence-corrected chi connectivity index (χ4v) is 5.99. The molecule has 0 aromatic heterocycles. The highest BCUT2D eigenvalue weighted by Gasteiger charge is 2.23. The van der Waals surface area contributed by atoms with Crippen molar-refractivity contribution in [3.05, 3.63) is 109 Å². The van der Waals surface area contributed by atoms with Crippen molar-refractivity contribution in [1.29, 1.82) is 0 Å². The smallest absolute Gasteiger partial charge is 0.343 e. The first-order chi connectivity index (χ1) is 30.1. The summed E-state index contributed by atoms with van der Waals surface area (Å²) in [6, 6.07) is 15.4. The Bertz CT molecular complexity index is 1850. The lowest BCUT2D eigenvalue weighted by Gasteiger charge is -2.16. The Hall–Kier alpha value is -6.31. The maximum absolute atomic E-state index is 13.4. The SMILES string of the molecule is C=COCCOC(=O)CCCCCOc1ccc(C(=O)Oc2cc(CCCCCCC)c(OC(=O)c3ccc(OCCCCCC(=O)OCCOC=C)cc3)c(C(=O)O)c2)cc1. The lowest BCUT2D eigenvalue weighted by molar-refractivity contribution is -0.145. The summed E-state index contributed by atoms with van der Waals surface area (Å²) in [4.78, 5) is 62.7. The normalized spacial score (nSPS) is 10.5. The number of hydrogen-bond donors (Lipinski definition) is 1. The van der Waals surface area contributed by atoms with Crippen LogP contribution in [0.15, 0.2) is 86.3 Å². The van der Waals surface area contributed by atoms with E-state index >= 15 is 0 Å². The molecule has 0 fully saturated rings. The Labute approximate surface area is 364 Å². The lowest BCUT2D eigenvalue weighted by atomic mass is 10.0. The average molecular weight is 861 g/mol. The van der Waals surface area contributed by atoms with Gasteiger partial charge in [-0.2, -0.15) is 0 Å². The molecule has 0 spiro atoms. The van der Waals surface area contributed by atoms with Gasteiger partial charge in [0.05, 0.1) is 36.9 Å². The van der Waals surface area contributed by atoms with Crippen LogP contribution in [0.4, 0.5) is 0 Å². The van der Waals surface area contributed by atoms with Crippen LogP contribution in [0.3, 0.4) is 0 Å². The van der Waals surface area contributed by atoms with E-state index in [1.807, 2.05) is 0 Å². The molecule has 3 rings (SSSR count). The molecule has 3 aromatic carbocycles. The van der Waals surface area contributed by atoms with Crippen LogP contribution >= 0.6 is 0 Å². The number of aryl methyl sites for hydroxylation is 1. The van der Waals surface area contributed by atoms with Crippen LogP contribution in [0.1, 0.15) is 127 Å². The van der Waals surface area contributed by atoms with Crippen LogP contribution in [0, 0.1) is 0 Å². The Balaban J connectivity index is 1.57.